The highest BCUT2D eigenvalue weighted by Crippen LogP contribution is 2.35. The van der Waals surface area contributed by atoms with Crippen molar-refractivity contribution in [1.29, 1.82) is 0 Å². The van der Waals surface area contributed by atoms with E-state index in [4.69, 9.17) is 28.6 Å². The van der Waals surface area contributed by atoms with Crippen LogP contribution in [0.1, 0.15) is 25.5 Å². The number of esters is 1. The van der Waals surface area contributed by atoms with Crippen molar-refractivity contribution in [3.05, 3.63) is 70.1 Å². The number of rotatable bonds is 5. The highest BCUT2D eigenvalue weighted by Gasteiger charge is 2.35. The van der Waals surface area contributed by atoms with Crippen LogP contribution in [0.25, 0.3) is 0 Å². The number of nitrogens with one attached hydrogen (secondary N) is 1. The fourth-order valence-electron chi connectivity index (χ4n) is 3.37. The number of ether oxygens (including phenoxy) is 1. The second kappa shape index (κ2) is 9.02. The number of hydrogen-bond acceptors (Lipinski definition) is 4. The molecule has 8 heteroatoms. The van der Waals surface area contributed by atoms with Crippen molar-refractivity contribution in [2.75, 3.05) is 30.5 Å². The Balaban J connectivity index is 2.10. The molecular weight excluding hydrogens is 425 g/mol. The van der Waals surface area contributed by atoms with Gasteiger partial charge in [-0.05, 0) is 62.0 Å². The molecule has 1 aliphatic heterocycles. The molecule has 30 heavy (non-hydrogen) atoms. The fourth-order valence-corrected chi connectivity index (χ4v) is 3.90. The van der Waals surface area contributed by atoms with Gasteiger partial charge in [0.05, 0.1) is 23.2 Å². The first kappa shape index (κ1) is 22.1. The first-order chi connectivity index (χ1) is 14.2. The molecule has 2 aromatic rings. The van der Waals surface area contributed by atoms with Crippen LogP contribution in [0, 0.1) is 5.82 Å². The van der Waals surface area contributed by atoms with E-state index in [1.807, 2.05) is 43.3 Å². The van der Waals surface area contributed by atoms with Crippen LogP contribution in [0.4, 0.5) is 15.8 Å². The summed E-state index contributed by atoms with van der Waals surface area (Å²) in [5.74, 6) is -0.965. The third-order valence-corrected chi connectivity index (χ3v) is 5.47. The van der Waals surface area contributed by atoms with Gasteiger partial charge in [0.2, 0.25) is 0 Å². The normalized spacial score (nSPS) is 16.4. The van der Waals surface area contributed by atoms with E-state index >= 15 is 0 Å². The van der Waals surface area contributed by atoms with Gasteiger partial charge in [0.25, 0.3) is 0 Å². The van der Waals surface area contributed by atoms with E-state index in [1.54, 1.807) is 24.8 Å². The lowest BCUT2D eigenvalue weighted by molar-refractivity contribution is -0.139. The monoisotopic (exact) mass is 447 g/mol. The molecule has 1 unspecified atom stereocenters. The summed E-state index contributed by atoms with van der Waals surface area (Å²) >= 11 is 11.6. The van der Waals surface area contributed by atoms with Gasteiger partial charge < -0.3 is 15.0 Å². The molecule has 0 saturated heterocycles. The number of benzene rings is 2. The molecule has 0 aromatic heterocycles. The van der Waals surface area contributed by atoms with E-state index in [0.717, 1.165) is 11.3 Å². The lowest BCUT2D eigenvalue weighted by atomic mass is 9.94. The van der Waals surface area contributed by atoms with Gasteiger partial charge in [-0.2, -0.15) is 0 Å². The Morgan fingerprint density at radius 1 is 1.27 bits per heavy atom. The van der Waals surface area contributed by atoms with Gasteiger partial charge in [0, 0.05) is 31.2 Å². The number of nitrogens with zero attached hydrogens (tertiary/aromatic N) is 2. The Morgan fingerprint density at radius 2 is 1.93 bits per heavy atom. The van der Waals surface area contributed by atoms with E-state index in [-0.39, 0.29) is 11.6 Å². The van der Waals surface area contributed by atoms with Crippen LogP contribution in [-0.4, -0.2) is 31.8 Å². The molecule has 5 nitrogen and oxygen atoms in total. The molecule has 1 N–H and O–H groups in total. The molecule has 0 radical (unpaired) electrons. The third kappa shape index (κ3) is 4.27. The van der Waals surface area contributed by atoms with E-state index in [1.165, 1.54) is 12.1 Å². The van der Waals surface area contributed by atoms with Gasteiger partial charge in [-0.15, -0.1) is 0 Å². The predicted molar refractivity (Wildman–Crippen MR) is 122 cm³/mol. The summed E-state index contributed by atoms with van der Waals surface area (Å²) < 4.78 is 19.0. The molecule has 3 rings (SSSR count). The SMILES string of the molecule is CCOC(=O)C1=C(C)N(c2ccc(F)c(Cl)c2)C(=S)NC1c1ccc(N(C)C)cc1. The van der Waals surface area contributed by atoms with Crippen LogP contribution in [0.5, 0.6) is 0 Å². The average molecular weight is 448 g/mol. The molecule has 0 spiro atoms. The third-order valence-electron chi connectivity index (χ3n) is 4.88. The maximum atomic E-state index is 13.6. The number of anilines is 2. The Hall–Kier alpha value is -2.64. The molecule has 0 aliphatic carbocycles. The van der Waals surface area contributed by atoms with Crippen LogP contribution in [0.3, 0.4) is 0 Å². The molecule has 2 aromatic carbocycles. The lowest BCUT2D eigenvalue weighted by Gasteiger charge is -2.37. The van der Waals surface area contributed by atoms with Crippen molar-refractivity contribution >= 4 is 46.3 Å². The predicted octanol–water partition coefficient (Wildman–Crippen LogP) is 4.82. The molecular formula is C22H23ClFN3O2S. The van der Waals surface area contributed by atoms with Crippen LogP contribution in [-0.2, 0) is 9.53 Å². The average Bonchev–Trinajstić information content (AvgIpc) is 2.70. The Kier molecular flexibility index (Phi) is 6.63. The van der Waals surface area contributed by atoms with E-state index in [2.05, 4.69) is 5.32 Å². The molecule has 1 heterocycles. The summed E-state index contributed by atoms with van der Waals surface area (Å²) in [4.78, 5) is 16.5. The fraction of sp³-hybridized carbons (Fsp3) is 0.273. The summed E-state index contributed by atoms with van der Waals surface area (Å²) in [5.41, 5.74) is 3.50. The van der Waals surface area contributed by atoms with Crippen LogP contribution < -0.4 is 15.1 Å². The Bertz CT molecular complexity index is 1010. The zero-order valence-corrected chi connectivity index (χ0v) is 18.8. The largest absolute Gasteiger partial charge is 0.463 e. The van der Waals surface area contributed by atoms with E-state index < -0.39 is 17.8 Å². The molecule has 0 amide bonds. The van der Waals surface area contributed by atoms with Crippen molar-refractivity contribution in [2.45, 2.75) is 19.9 Å². The van der Waals surface area contributed by atoms with Gasteiger partial charge in [-0.3, -0.25) is 4.90 Å². The minimum atomic E-state index is -0.526. The highest BCUT2D eigenvalue weighted by atomic mass is 35.5. The minimum Gasteiger partial charge on any atom is -0.463 e. The van der Waals surface area contributed by atoms with Gasteiger partial charge in [-0.1, -0.05) is 23.7 Å². The number of carbonyl (C=O) groups is 1. The van der Waals surface area contributed by atoms with Gasteiger partial charge >= 0.3 is 5.97 Å². The van der Waals surface area contributed by atoms with Gasteiger partial charge in [0.15, 0.2) is 5.11 Å². The summed E-state index contributed by atoms with van der Waals surface area (Å²) in [6, 6.07) is 11.7. The van der Waals surface area contributed by atoms with Crippen molar-refractivity contribution in [3.8, 4) is 0 Å². The van der Waals surface area contributed by atoms with Crippen molar-refractivity contribution in [3.63, 3.8) is 0 Å². The highest BCUT2D eigenvalue weighted by molar-refractivity contribution is 7.80. The van der Waals surface area contributed by atoms with Crippen molar-refractivity contribution in [1.82, 2.24) is 5.32 Å². The topological polar surface area (TPSA) is 44.8 Å². The molecule has 0 bridgehead atoms. The molecule has 0 saturated carbocycles. The number of carbonyl (C=O) groups excluding carboxylic acids is 1. The molecule has 1 atom stereocenters. The van der Waals surface area contributed by atoms with Crippen LogP contribution >= 0.6 is 23.8 Å². The first-order valence-electron chi connectivity index (χ1n) is 9.45. The number of hydrogen-bond donors (Lipinski definition) is 1. The Morgan fingerprint density at radius 3 is 2.50 bits per heavy atom. The summed E-state index contributed by atoms with van der Waals surface area (Å²) in [7, 11) is 3.92. The zero-order valence-electron chi connectivity index (χ0n) is 17.2. The minimum absolute atomic E-state index is 0.0258. The number of halogens is 2. The number of allylic oxidation sites excluding steroid dienone is 1. The summed E-state index contributed by atoms with van der Waals surface area (Å²) in [5, 5.41) is 3.59. The quantitative estimate of drug-likeness (QED) is 0.523. The van der Waals surface area contributed by atoms with Gasteiger partial charge in [0.1, 0.15) is 5.82 Å². The first-order valence-corrected chi connectivity index (χ1v) is 10.2. The van der Waals surface area contributed by atoms with Crippen LogP contribution in [0.15, 0.2) is 53.7 Å². The van der Waals surface area contributed by atoms with Crippen molar-refractivity contribution < 1.29 is 13.9 Å². The standard InChI is InChI=1S/C22H23ClFN3O2S/c1-5-29-21(28)19-13(2)27(16-10-11-18(24)17(23)12-16)22(30)25-20(19)14-6-8-15(9-7-14)26(3)4/h6-12,20H,5H2,1-4H3,(H,25,30). The number of thiocarbonyl (C=S) groups is 1. The van der Waals surface area contributed by atoms with Crippen LogP contribution in [0.2, 0.25) is 5.02 Å². The maximum Gasteiger partial charge on any atom is 0.338 e. The van der Waals surface area contributed by atoms with Gasteiger partial charge in [-0.25, -0.2) is 9.18 Å². The summed E-state index contributed by atoms with van der Waals surface area (Å²) in [6.45, 7) is 3.79. The molecule has 1 aliphatic rings. The maximum absolute atomic E-state index is 13.6. The summed E-state index contributed by atoms with van der Waals surface area (Å²) in [6.07, 6.45) is 0. The Labute approximate surface area is 186 Å². The lowest BCUT2D eigenvalue weighted by Crippen LogP contribution is -2.48. The smallest absolute Gasteiger partial charge is 0.338 e. The second-order valence-electron chi connectivity index (χ2n) is 7.02. The van der Waals surface area contributed by atoms with E-state index in [9.17, 15) is 9.18 Å². The second-order valence-corrected chi connectivity index (χ2v) is 7.82. The molecule has 0 fully saturated rings. The van der Waals surface area contributed by atoms with E-state index in [0.29, 0.717) is 22.1 Å². The zero-order chi connectivity index (χ0) is 22.0. The molecule has 158 valence electrons. The van der Waals surface area contributed by atoms with Crippen molar-refractivity contribution in [2.24, 2.45) is 0 Å².